The lowest BCUT2D eigenvalue weighted by molar-refractivity contribution is -0.126. The molecule has 0 heterocycles. The van der Waals surface area contributed by atoms with E-state index in [2.05, 4.69) is 15.8 Å². The number of hydrazone groups is 1. The Labute approximate surface area is 172 Å². The number of aromatic hydroxyl groups is 1. The van der Waals surface area contributed by atoms with Crippen molar-refractivity contribution in [2.75, 3.05) is 11.9 Å². The van der Waals surface area contributed by atoms with Crippen molar-refractivity contribution in [2.24, 2.45) is 5.10 Å². The highest BCUT2D eigenvalue weighted by molar-refractivity contribution is 6.32. The molecule has 0 aromatic heterocycles. The summed E-state index contributed by atoms with van der Waals surface area (Å²) in [6.07, 6.45) is 0.909. The fraction of sp³-hybridized carbons (Fsp3) is 0.211. The van der Waals surface area contributed by atoms with Crippen molar-refractivity contribution in [2.45, 2.75) is 20.3 Å². The van der Waals surface area contributed by atoms with Gasteiger partial charge in [0.1, 0.15) is 6.42 Å². The van der Waals surface area contributed by atoms with Gasteiger partial charge in [-0.05, 0) is 49.2 Å². The minimum atomic E-state index is -0.595. The van der Waals surface area contributed by atoms with Gasteiger partial charge in [0.25, 0.3) is 0 Å². The van der Waals surface area contributed by atoms with Crippen LogP contribution in [0, 0.1) is 6.92 Å². The zero-order valence-corrected chi connectivity index (χ0v) is 16.8. The number of carbonyl (C=O) groups excluding carboxylic acids is 2. The normalized spacial score (nSPS) is 10.7. The maximum absolute atomic E-state index is 11.9. The fourth-order valence-corrected chi connectivity index (χ4v) is 2.57. The van der Waals surface area contributed by atoms with Crippen molar-refractivity contribution < 1.29 is 19.4 Å². The molecule has 0 aliphatic rings. The van der Waals surface area contributed by atoms with Crippen LogP contribution in [0.25, 0.3) is 0 Å². The summed E-state index contributed by atoms with van der Waals surface area (Å²) in [5.41, 5.74) is 4.14. The van der Waals surface area contributed by atoms with Gasteiger partial charge in [-0.25, -0.2) is 5.43 Å². The minimum absolute atomic E-state index is 0.0925. The molecule has 2 aromatic rings. The third-order valence-electron chi connectivity index (χ3n) is 3.53. The van der Waals surface area contributed by atoms with E-state index in [1.807, 2.05) is 6.92 Å². The summed E-state index contributed by atoms with van der Waals surface area (Å²) < 4.78 is 5.26. The first-order valence-electron chi connectivity index (χ1n) is 8.33. The van der Waals surface area contributed by atoms with E-state index in [1.165, 1.54) is 18.3 Å². The number of carbonyl (C=O) groups is 2. The number of phenols is 1. The Morgan fingerprint density at radius 1 is 1.18 bits per heavy atom. The van der Waals surface area contributed by atoms with Gasteiger partial charge in [-0.2, -0.15) is 5.10 Å². The average Bonchev–Trinajstić information content (AvgIpc) is 2.62. The summed E-state index contributed by atoms with van der Waals surface area (Å²) in [5.74, 6) is -1.06. The van der Waals surface area contributed by atoms with Crippen LogP contribution in [0.2, 0.25) is 10.0 Å². The van der Waals surface area contributed by atoms with Crippen molar-refractivity contribution >= 4 is 46.9 Å². The van der Waals surface area contributed by atoms with Crippen LogP contribution in [0.4, 0.5) is 5.69 Å². The molecule has 0 radical (unpaired) electrons. The van der Waals surface area contributed by atoms with Crippen LogP contribution in [0.1, 0.15) is 24.5 Å². The second-order valence-electron chi connectivity index (χ2n) is 5.76. The maximum Gasteiger partial charge on any atom is 0.249 e. The van der Waals surface area contributed by atoms with Crippen molar-refractivity contribution in [3.8, 4) is 11.5 Å². The number of hydrogen-bond acceptors (Lipinski definition) is 5. The number of halogens is 2. The number of benzene rings is 2. The van der Waals surface area contributed by atoms with Crippen molar-refractivity contribution in [1.29, 1.82) is 0 Å². The van der Waals surface area contributed by atoms with Crippen LogP contribution in [-0.2, 0) is 9.59 Å². The Kier molecular flexibility index (Phi) is 7.66. The molecule has 2 rings (SSSR count). The molecule has 3 N–H and O–H groups in total. The van der Waals surface area contributed by atoms with Crippen molar-refractivity contribution in [1.82, 2.24) is 5.43 Å². The molecule has 0 spiro atoms. The lowest BCUT2D eigenvalue weighted by Crippen LogP contribution is -2.24. The van der Waals surface area contributed by atoms with Crippen LogP contribution in [-0.4, -0.2) is 29.7 Å². The lowest BCUT2D eigenvalue weighted by atomic mass is 10.2. The number of anilines is 1. The van der Waals surface area contributed by atoms with Gasteiger partial charge in [-0.1, -0.05) is 29.3 Å². The number of ether oxygens (including phenoxy) is 1. The van der Waals surface area contributed by atoms with Gasteiger partial charge in [0.05, 0.1) is 17.8 Å². The minimum Gasteiger partial charge on any atom is -0.503 e. The molecule has 0 bridgehead atoms. The average molecular weight is 424 g/mol. The maximum atomic E-state index is 11.9. The molecule has 2 amide bonds. The summed E-state index contributed by atoms with van der Waals surface area (Å²) in [4.78, 5) is 23.8. The first-order valence-corrected chi connectivity index (χ1v) is 9.09. The van der Waals surface area contributed by atoms with Gasteiger partial charge < -0.3 is 15.2 Å². The summed E-state index contributed by atoms with van der Waals surface area (Å²) in [6, 6.07) is 8.05. The highest BCUT2D eigenvalue weighted by atomic mass is 35.5. The molecule has 28 heavy (non-hydrogen) atoms. The van der Waals surface area contributed by atoms with Gasteiger partial charge in [0, 0.05) is 10.7 Å². The monoisotopic (exact) mass is 423 g/mol. The van der Waals surface area contributed by atoms with E-state index in [9.17, 15) is 14.7 Å². The molecule has 7 nitrogen and oxygen atoms in total. The quantitative estimate of drug-likeness (QED) is 0.357. The zero-order chi connectivity index (χ0) is 20.7. The number of aryl methyl sites for hydroxylation is 1. The van der Waals surface area contributed by atoms with Gasteiger partial charge in [0.15, 0.2) is 11.5 Å². The molecule has 0 atom stereocenters. The van der Waals surface area contributed by atoms with Crippen molar-refractivity contribution in [3.63, 3.8) is 0 Å². The Balaban J connectivity index is 1.91. The molecular formula is C19H19Cl2N3O4. The van der Waals surface area contributed by atoms with E-state index < -0.39 is 18.2 Å². The Morgan fingerprint density at radius 2 is 1.93 bits per heavy atom. The Bertz CT molecular complexity index is 916. The van der Waals surface area contributed by atoms with Crippen LogP contribution < -0.4 is 15.5 Å². The van der Waals surface area contributed by atoms with E-state index in [0.29, 0.717) is 22.9 Å². The number of nitrogens with zero attached hydrogens (tertiary/aromatic N) is 1. The highest BCUT2D eigenvalue weighted by Gasteiger charge is 2.11. The second kappa shape index (κ2) is 9.96. The molecule has 0 saturated carbocycles. The van der Waals surface area contributed by atoms with E-state index >= 15 is 0 Å². The number of rotatable bonds is 7. The SMILES string of the molecule is CCOc1cc(C=NNC(=O)CC(=O)Nc2ccc(C)c(Cl)c2)cc(Cl)c1O. The predicted molar refractivity (Wildman–Crippen MR) is 109 cm³/mol. The Hall–Kier alpha value is -2.77. The number of nitrogens with one attached hydrogen (secondary N) is 2. The first-order chi connectivity index (χ1) is 13.3. The summed E-state index contributed by atoms with van der Waals surface area (Å²) >= 11 is 11.9. The molecule has 9 heteroatoms. The van der Waals surface area contributed by atoms with E-state index in [0.717, 1.165) is 5.56 Å². The third kappa shape index (κ3) is 6.14. The number of hydrogen-bond donors (Lipinski definition) is 3. The molecule has 0 unspecified atom stereocenters. The van der Waals surface area contributed by atoms with Gasteiger partial charge in [-0.15, -0.1) is 0 Å². The third-order valence-corrected chi connectivity index (χ3v) is 4.23. The van der Waals surface area contributed by atoms with E-state index in [4.69, 9.17) is 27.9 Å². The van der Waals surface area contributed by atoms with Crippen LogP contribution in [0.3, 0.4) is 0 Å². The summed E-state index contributed by atoms with van der Waals surface area (Å²) in [7, 11) is 0. The van der Waals surface area contributed by atoms with Crippen molar-refractivity contribution in [3.05, 3.63) is 51.5 Å². The molecule has 0 aliphatic heterocycles. The second-order valence-corrected chi connectivity index (χ2v) is 6.58. The molecule has 0 aliphatic carbocycles. The number of phenolic OH excluding ortho intramolecular Hbond substituents is 1. The van der Waals surface area contributed by atoms with Gasteiger partial charge >= 0.3 is 0 Å². The fourth-order valence-electron chi connectivity index (χ4n) is 2.17. The van der Waals surface area contributed by atoms with Crippen LogP contribution >= 0.6 is 23.2 Å². The van der Waals surface area contributed by atoms with E-state index in [1.54, 1.807) is 25.1 Å². The largest absolute Gasteiger partial charge is 0.503 e. The van der Waals surface area contributed by atoms with Gasteiger partial charge in [0.2, 0.25) is 11.8 Å². The Morgan fingerprint density at radius 3 is 2.61 bits per heavy atom. The topological polar surface area (TPSA) is 100 Å². The summed E-state index contributed by atoms with van der Waals surface area (Å²) in [5, 5.41) is 16.8. The summed E-state index contributed by atoms with van der Waals surface area (Å²) in [6.45, 7) is 3.96. The molecule has 0 saturated heterocycles. The van der Waals surface area contributed by atoms with Gasteiger partial charge in [-0.3, -0.25) is 9.59 Å². The van der Waals surface area contributed by atoms with Crippen LogP contribution in [0.5, 0.6) is 11.5 Å². The lowest BCUT2D eigenvalue weighted by Gasteiger charge is -2.08. The molecule has 148 valence electrons. The predicted octanol–water partition coefficient (Wildman–Crippen LogP) is 3.89. The zero-order valence-electron chi connectivity index (χ0n) is 15.3. The first kappa shape index (κ1) is 21.5. The van der Waals surface area contributed by atoms with E-state index in [-0.39, 0.29) is 16.5 Å². The molecule has 0 fully saturated rings. The number of amides is 2. The highest BCUT2D eigenvalue weighted by Crippen LogP contribution is 2.34. The molecular weight excluding hydrogens is 405 g/mol. The van der Waals surface area contributed by atoms with Crippen LogP contribution in [0.15, 0.2) is 35.4 Å². The smallest absolute Gasteiger partial charge is 0.249 e. The molecule has 2 aromatic carbocycles. The standard InChI is InChI=1S/C19H19Cl2N3O4/c1-3-28-16-7-12(6-15(21)19(16)27)10-22-24-18(26)9-17(25)23-13-5-4-11(2)14(20)8-13/h4-8,10,27H,3,9H2,1-2H3,(H,23,25)(H,24,26).